The Hall–Kier alpha value is -6.72. The Kier molecular flexibility index (Phi) is 10.7. The molecule has 2 aromatic heterocycles. The van der Waals surface area contributed by atoms with Crippen LogP contribution in [0.1, 0.15) is 83.7 Å². The number of amides is 5. The number of piperazine rings is 1. The summed E-state index contributed by atoms with van der Waals surface area (Å²) in [6.45, 7) is 8.18. The third-order valence-corrected chi connectivity index (χ3v) is 16.1. The molecular weight excluding hydrogens is 861 g/mol. The fourth-order valence-corrected chi connectivity index (χ4v) is 12.0. The minimum absolute atomic E-state index is 0.0522. The summed E-state index contributed by atoms with van der Waals surface area (Å²) in [5.41, 5.74) is 6.74. The van der Waals surface area contributed by atoms with Crippen molar-refractivity contribution in [3.63, 3.8) is 0 Å². The maximum Gasteiger partial charge on any atom is 0.262 e. The molecule has 68 heavy (non-hydrogen) atoms. The van der Waals surface area contributed by atoms with E-state index in [1.807, 2.05) is 42.7 Å². The molecule has 1 atom stereocenters. The smallest absolute Gasteiger partial charge is 0.262 e. The van der Waals surface area contributed by atoms with Crippen LogP contribution in [0.3, 0.4) is 0 Å². The molecule has 0 bridgehead atoms. The van der Waals surface area contributed by atoms with Gasteiger partial charge in [-0.1, -0.05) is 30.3 Å². The summed E-state index contributed by atoms with van der Waals surface area (Å²) < 4.78 is 2.11. The van der Waals surface area contributed by atoms with Gasteiger partial charge in [0.25, 0.3) is 11.8 Å². The van der Waals surface area contributed by atoms with Gasteiger partial charge >= 0.3 is 0 Å². The van der Waals surface area contributed by atoms with Crippen LogP contribution in [0.4, 0.5) is 22.9 Å². The van der Waals surface area contributed by atoms with E-state index in [1.54, 1.807) is 18.5 Å². The van der Waals surface area contributed by atoms with E-state index in [0.29, 0.717) is 40.9 Å². The van der Waals surface area contributed by atoms with Crippen LogP contribution in [-0.2, 0) is 20.8 Å². The van der Waals surface area contributed by atoms with Gasteiger partial charge < -0.3 is 25.0 Å². The Morgan fingerprint density at radius 2 is 1.46 bits per heavy atom. The summed E-state index contributed by atoms with van der Waals surface area (Å²) in [6.07, 6.45) is 10.8. The number of piperidine rings is 2. The van der Waals surface area contributed by atoms with Gasteiger partial charge in [0.15, 0.2) is 17.0 Å². The van der Waals surface area contributed by atoms with E-state index in [1.165, 1.54) is 31.4 Å². The van der Waals surface area contributed by atoms with Gasteiger partial charge in [0.1, 0.15) is 12.4 Å². The number of imidazole rings is 1. The standard InChI is InChI=1S/C51H56N12O5/c64-43-13-12-42(48(66)57-43)63-49(67)40-11-10-36(25-41(40)50(63)68)61-28-39(29-61)58-16-14-51(15-17-58)26-38(27-51)60-20-18-59(19-21-60)35-8-6-33(7-9-35)56-46-45-47(53-30-52-46)62(31-54-45)37-23-34(24-37)55-44(65)22-32-4-2-1-3-5-32/h1-11,25,30-31,34,37-39,42H,12-24,26-29H2,(H,55,65)(H,52,53,56)(H,57,64,66)/t34?,37?,42-/m0/s1. The van der Waals surface area contributed by atoms with Crippen molar-refractivity contribution >= 4 is 63.6 Å². The van der Waals surface area contributed by atoms with Crippen molar-refractivity contribution in [2.45, 2.75) is 88.0 Å². The molecule has 5 aliphatic heterocycles. The second-order valence-electron chi connectivity index (χ2n) is 20.1. The molecule has 7 heterocycles. The number of nitrogens with zero attached hydrogens (tertiary/aromatic N) is 9. The van der Waals surface area contributed by atoms with Gasteiger partial charge in [-0.05, 0) is 111 Å². The topological polar surface area (TPSA) is 181 Å². The van der Waals surface area contributed by atoms with Crippen LogP contribution in [0.2, 0.25) is 0 Å². The normalized spacial score (nSPS) is 24.4. The number of carbonyl (C=O) groups is 5. The number of hydrogen-bond acceptors (Lipinski definition) is 13. The fraction of sp³-hybridized carbons (Fsp3) is 0.451. The Morgan fingerprint density at radius 1 is 0.735 bits per heavy atom. The van der Waals surface area contributed by atoms with Crippen molar-refractivity contribution in [1.29, 1.82) is 0 Å². The van der Waals surface area contributed by atoms with E-state index >= 15 is 0 Å². The van der Waals surface area contributed by atoms with E-state index in [-0.39, 0.29) is 36.7 Å². The summed E-state index contributed by atoms with van der Waals surface area (Å²) in [4.78, 5) is 88.2. The van der Waals surface area contributed by atoms with Gasteiger partial charge in [-0.2, -0.15) is 0 Å². The Labute approximate surface area is 394 Å². The maximum absolute atomic E-state index is 13.4. The van der Waals surface area contributed by atoms with E-state index in [9.17, 15) is 24.0 Å². The Bertz CT molecular complexity index is 2780. The van der Waals surface area contributed by atoms with Gasteiger partial charge in [-0.15, -0.1) is 0 Å². The number of likely N-dealkylation sites (tertiary alicyclic amines) is 1. The summed E-state index contributed by atoms with van der Waals surface area (Å²) in [5.74, 6) is -1.18. The number of anilines is 4. The molecule has 3 N–H and O–H groups in total. The van der Waals surface area contributed by atoms with Gasteiger partial charge in [0, 0.05) is 86.9 Å². The van der Waals surface area contributed by atoms with Crippen LogP contribution in [-0.4, -0.2) is 140 Å². The lowest BCUT2D eigenvalue weighted by Crippen LogP contribution is -2.64. The lowest BCUT2D eigenvalue weighted by Gasteiger charge is -2.58. The van der Waals surface area contributed by atoms with Crippen LogP contribution in [0.25, 0.3) is 11.2 Å². The Balaban J connectivity index is 0.573. The highest BCUT2D eigenvalue weighted by Gasteiger charge is 2.50. The molecule has 12 rings (SSSR count). The van der Waals surface area contributed by atoms with Crippen LogP contribution < -0.4 is 25.8 Å². The highest BCUT2D eigenvalue weighted by molar-refractivity contribution is 6.23. The lowest BCUT2D eigenvalue weighted by molar-refractivity contribution is -0.136. The van der Waals surface area contributed by atoms with Crippen molar-refractivity contribution in [3.8, 4) is 0 Å². The van der Waals surface area contributed by atoms with E-state index < -0.39 is 23.8 Å². The minimum Gasteiger partial charge on any atom is -0.369 e. The highest BCUT2D eigenvalue weighted by atomic mass is 16.2. The van der Waals surface area contributed by atoms with Crippen molar-refractivity contribution < 1.29 is 24.0 Å². The van der Waals surface area contributed by atoms with E-state index in [0.717, 1.165) is 98.2 Å². The fourth-order valence-electron chi connectivity index (χ4n) is 12.0. The third-order valence-electron chi connectivity index (χ3n) is 16.1. The summed E-state index contributed by atoms with van der Waals surface area (Å²) in [7, 11) is 0. The van der Waals surface area contributed by atoms with Gasteiger partial charge in [-0.3, -0.25) is 44.0 Å². The molecule has 5 aromatic rings. The predicted molar refractivity (Wildman–Crippen MR) is 255 cm³/mol. The number of aromatic nitrogens is 4. The monoisotopic (exact) mass is 916 g/mol. The average Bonchev–Trinajstić information content (AvgIpc) is 3.85. The van der Waals surface area contributed by atoms with Crippen molar-refractivity contribution in [2.75, 3.05) is 67.5 Å². The first-order chi connectivity index (χ1) is 33.1. The molecule has 350 valence electrons. The largest absolute Gasteiger partial charge is 0.369 e. The quantitative estimate of drug-likeness (QED) is 0.160. The molecule has 3 aromatic carbocycles. The number of rotatable bonds is 11. The zero-order valence-electron chi connectivity index (χ0n) is 38.1. The molecule has 17 nitrogen and oxygen atoms in total. The van der Waals surface area contributed by atoms with Crippen LogP contribution in [0.5, 0.6) is 0 Å². The number of benzene rings is 3. The number of fused-ring (bicyclic) bond motifs is 2. The second-order valence-corrected chi connectivity index (χ2v) is 20.1. The molecular formula is C51H56N12O5. The van der Waals surface area contributed by atoms with Gasteiger partial charge in [0.05, 0.1) is 23.9 Å². The summed E-state index contributed by atoms with van der Waals surface area (Å²) >= 11 is 0. The zero-order valence-corrected chi connectivity index (χ0v) is 38.1. The molecule has 2 aliphatic carbocycles. The number of hydrogen-bond donors (Lipinski definition) is 3. The molecule has 5 amide bonds. The number of nitrogens with one attached hydrogen (secondary N) is 3. The molecule has 0 radical (unpaired) electrons. The number of imide groups is 2. The second kappa shape index (κ2) is 17.1. The first kappa shape index (κ1) is 42.6. The first-order valence-electron chi connectivity index (χ1n) is 24.4. The van der Waals surface area contributed by atoms with E-state index in [2.05, 4.69) is 74.4 Å². The van der Waals surface area contributed by atoms with E-state index in [4.69, 9.17) is 4.98 Å². The highest BCUT2D eigenvalue weighted by Crippen LogP contribution is 2.51. The Morgan fingerprint density at radius 3 is 2.21 bits per heavy atom. The SMILES string of the molecule is O=C1CC[C@H](N2C(=O)c3ccc(N4CC(N5CCC6(CC5)CC(N5CCN(c7ccc(Nc8ncnc9c8ncn9C8CC(NC(=O)Cc9ccccc9)C8)cc7)CC5)C6)C4)cc3C2=O)C(=O)N1. The van der Waals surface area contributed by atoms with Gasteiger partial charge in [-0.25, -0.2) is 15.0 Å². The molecule has 6 fully saturated rings. The average molecular weight is 917 g/mol. The molecule has 0 unspecified atom stereocenters. The maximum atomic E-state index is 13.4. The van der Waals surface area contributed by atoms with Gasteiger partial charge in [0.2, 0.25) is 17.7 Å². The van der Waals surface area contributed by atoms with Crippen molar-refractivity contribution in [2.24, 2.45) is 5.41 Å². The summed E-state index contributed by atoms with van der Waals surface area (Å²) in [6, 6.07) is 24.4. The molecule has 2 saturated carbocycles. The van der Waals surface area contributed by atoms with Crippen LogP contribution in [0.15, 0.2) is 85.5 Å². The van der Waals surface area contributed by atoms with Crippen molar-refractivity contribution in [3.05, 3.63) is 102 Å². The predicted octanol–water partition coefficient (Wildman–Crippen LogP) is 4.29. The lowest BCUT2D eigenvalue weighted by atomic mass is 9.59. The summed E-state index contributed by atoms with van der Waals surface area (Å²) in [5, 5.41) is 8.92. The third kappa shape index (κ3) is 7.84. The van der Waals surface area contributed by atoms with Crippen molar-refractivity contribution in [1.82, 2.24) is 44.9 Å². The van der Waals surface area contributed by atoms with Crippen LogP contribution in [0, 0.1) is 5.41 Å². The molecule has 4 saturated heterocycles. The number of carbonyl (C=O) groups excluding carboxylic acids is 5. The zero-order chi connectivity index (χ0) is 46.1. The molecule has 7 aliphatic rings. The first-order valence-corrected chi connectivity index (χ1v) is 24.4. The minimum atomic E-state index is -0.957. The van der Waals surface area contributed by atoms with Crippen LogP contribution >= 0.6 is 0 Å². The molecule has 17 heteroatoms. The molecule has 1 spiro atoms.